The smallest absolute Gasteiger partial charge is 0.306 e. The summed E-state index contributed by atoms with van der Waals surface area (Å²) < 4.78 is 12.6. The summed E-state index contributed by atoms with van der Waals surface area (Å²) in [6.45, 7) is 0. The van der Waals surface area contributed by atoms with Crippen molar-refractivity contribution in [3.63, 3.8) is 0 Å². The number of nitrogens with one attached hydrogen (secondary N) is 2. The number of para-hydroxylation sites is 1. The van der Waals surface area contributed by atoms with E-state index in [1.165, 1.54) is 12.1 Å². The second-order valence-electron chi connectivity index (χ2n) is 3.42. The van der Waals surface area contributed by atoms with Gasteiger partial charge in [0.2, 0.25) is 0 Å². The minimum atomic E-state index is -0.498. The number of carbonyl (C=O) groups is 1. The van der Waals surface area contributed by atoms with E-state index in [4.69, 9.17) is 11.6 Å². The summed E-state index contributed by atoms with van der Waals surface area (Å²) >= 11 is 5.88. The molecule has 0 saturated carbocycles. The maximum atomic E-state index is 12.6. The third-order valence-electron chi connectivity index (χ3n) is 2.09. The van der Waals surface area contributed by atoms with Crippen molar-refractivity contribution < 1.29 is 9.18 Å². The van der Waals surface area contributed by atoms with Gasteiger partial charge in [0, 0.05) is 0 Å². The predicted octanol–water partition coefficient (Wildman–Crippen LogP) is 3.52. The minimum Gasteiger partial charge on any atom is -0.306 e. The number of carbonyl (C=O) groups excluding carboxylic acids is 1. The number of amides is 2. The lowest BCUT2D eigenvalue weighted by molar-refractivity contribution is 0.262. The van der Waals surface area contributed by atoms with Crippen LogP contribution in [0.1, 0.15) is 0 Å². The van der Waals surface area contributed by atoms with Crippen molar-refractivity contribution >= 4 is 29.1 Å². The van der Waals surface area contributed by atoms with E-state index in [9.17, 15) is 9.18 Å². The van der Waals surface area contributed by atoms with Crippen LogP contribution >= 0.6 is 11.6 Å². The lowest BCUT2D eigenvalue weighted by atomic mass is 10.3. The van der Waals surface area contributed by atoms with E-state index in [0.29, 0.717) is 10.7 Å². The zero-order chi connectivity index (χ0) is 13.0. The summed E-state index contributed by atoms with van der Waals surface area (Å²) in [6.07, 6.45) is 1.02. The molecule has 6 heteroatoms. The van der Waals surface area contributed by atoms with E-state index in [0.717, 1.165) is 6.20 Å². The monoisotopic (exact) mass is 265 g/mol. The third-order valence-corrected chi connectivity index (χ3v) is 2.42. The Morgan fingerprint density at radius 3 is 2.61 bits per heavy atom. The molecule has 2 N–H and O–H groups in total. The molecule has 2 rings (SSSR count). The van der Waals surface area contributed by atoms with Gasteiger partial charge in [0.15, 0.2) is 0 Å². The highest BCUT2D eigenvalue weighted by Gasteiger charge is 2.05. The van der Waals surface area contributed by atoms with E-state index >= 15 is 0 Å². The number of urea groups is 1. The van der Waals surface area contributed by atoms with Gasteiger partial charge >= 0.3 is 6.03 Å². The van der Waals surface area contributed by atoms with Crippen LogP contribution in [-0.4, -0.2) is 11.0 Å². The van der Waals surface area contributed by atoms with E-state index < -0.39 is 11.8 Å². The molecule has 0 spiro atoms. The highest BCUT2D eigenvalue weighted by Crippen LogP contribution is 2.20. The Morgan fingerprint density at radius 1 is 1.17 bits per heavy atom. The van der Waals surface area contributed by atoms with Crippen molar-refractivity contribution in [2.24, 2.45) is 0 Å². The van der Waals surface area contributed by atoms with Crippen LogP contribution in [0.2, 0.25) is 5.02 Å². The van der Waals surface area contributed by atoms with Crippen LogP contribution in [-0.2, 0) is 0 Å². The fourth-order valence-electron chi connectivity index (χ4n) is 1.28. The third kappa shape index (κ3) is 3.18. The van der Waals surface area contributed by atoms with Gasteiger partial charge in [-0.25, -0.2) is 14.2 Å². The number of aromatic nitrogens is 1. The molecule has 1 aromatic heterocycles. The van der Waals surface area contributed by atoms with Crippen LogP contribution in [0.25, 0.3) is 0 Å². The van der Waals surface area contributed by atoms with E-state index in [-0.39, 0.29) is 5.82 Å². The normalized spacial score (nSPS) is 9.89. The summed E-state index contributed by atoms with van der Waals surface area (Å²) in [7, 11) is 0. The molecular weight excluding hydrogens is 257 g/mol. The molecule has 1 heterocycles. The number of pyridine rings is 1. The lowest BCUT2D eigenvalue weighted by Crippen LogP contribution is -2.20. The SMILES string of the molecule is O=C(Nc1ccc(F)cn1)Nc1ccccc1Cl. The number of hydrogen-bond acceptors (Lipinski definition) is 2. The first-order chi connectivity index (χ1) is 8.65. The lowest BCUT2D eigenvalue weighted by Gasteiger charge is -2.07. The fourth-order valence-corrected chi connectivity index (χ4v) is 1.47. The molecule has 2 aromatic rings. The number of benzene rings is 1. The zero-order valence-electron chi connectivity index (χ0n) is 9.15. The molecule has 92 valence electrons. The summed E-state index contributed by atoms with van der Waals surface area (Å²) in [5.74, 6) is -0.215. The summed E-state index contributed by atoms with van der Waals surface area (Å²) in [6, 6.07) is 8.90. The summed E-state index contributed by atoms with van der Waals surface area (Å²) in [5, 5.41) is 5.45. The standard InChI is InChI=1S/C12H9ClFN3O/c13-9-3-1-2-4-10(9)16-12(18)17-11-6-5-8(14)7-15-11/h1-7H,(H2,15,16,17,18). The molecule has 2 amide bonds. The largest absolute Gasteiger partial charge is 0.324 e. The van der Waals surface area contributed by atoms with Crippen molar-refractivity contribution in [1.82, 2.24) is 4.98 Å². The number of nitrogens with zero attached hydrogens (tertiary/aromatic N) is 1. The topological polar surface area (TPSA) is 54.0 Å². The number of halogens is 2. The average Bonchev–Trinajstić information content (AvgIpc) is 2.35. The van der Waals surface area contributed by atoms with Crippen LogP contribution in [0.15, 0.2) is 42.6 Å². The van der Waals surface area contributed by atoms with Gasteiger partial charge in [-0.1, -0.05) is 23.7 Å². The van der Waals surface area contributed by atoms with E-state index in [1.54, 1.807) is 24.3 Å². The first kappa shape index (κ1) is 12.3. The highest BCUT2D eigenvalue weighted by molar-refractivity contribution is 6.33. The van der Waals surface area contributed by atoms with Gasteiger partial charge in [-0.2, -0.15) is 0 Å². The van der Waals surface area contributed by atoms with Crippen molar-refractivity contribution in [2.45, 2.75) is 0 Å². The maximum Gasteiger partial charge on any atom is 0.324 e. The molecule has 0 bridgehead atoms. The molecule has 4 nitrogen and oxygen atoms in total. The Kier molecular flexibility index (Phi) is 3.74. The van der Waals surface area contributed by atoms with E-state index in [1.807, 2.05) is 0 Å². The molecule has 0 unspecified atom stereocenters. The van der Waals surface area contributed by atoms with Crippen molar-refractivity contribution in [2.75, 3.05) is 10.6 Å². The average molecular weight is 266 g/mol. The Bertz CT molecular complexity index is 560. The molecule has 0 radical (unpaired) electrons. The molecule has 0 atom stereocenters. The van der Waals surface area contributed by atoms with Gasteiger partial charge in [-0.05, 0) is 24.3 Å². The zero-order valence-corrected chi connectivity index (χ0v) is 9.91. The molecule has 0 aliphatic rings. The quantitative estimate of drug-likeness (QED) is 0.873. The second-order valence-corrected chi connectivity index (χ2v) is 3.83. The van der Waals surface area contributed by atoms with Gasteiger partial charge in [0.05, 0.1) is 16.9 Å². The molecular formula is C12H9ClFN3O. The molecule has 0 saturated heterocycles. The van der Waals surface area contributed by atoms with Crippen LogP contribution in [0.4, 0.5) is 20.7 Å². The summed E-state index contributed by atoms with van der Waals surface area (Å²) in [4.78, 5) is 15.3. The van der Waals surface area contributed by atoms with Gasteiger partial charge in [0.25, 0.3) is 0 Å². The number of hydrogen-bond donors (Lipinski definition) is 2. The van der Waals surface area contributed by atoms with Crippen LogP contribution in [0, 0.1) is 5.82 Å². The Morgan fingerprint density at radius 2 is 1.94 bits per heavy atom. The van der Waals surface area contributed by atoms with Crippen molar-refractivity contribution in [3.05, 3.63) is 53.4 Å². The van der Waals surface area contributed by atoms with Crippen LogP contribution in [0.3, 0.4) is 0 Å². The first-order valence-corrected chi connectivity index (χ1v) is 5.47. The molecule has 0 aliphatic carbocycles. The second kappa shape index (κ2) is 5.46. The van der Waals surface area contributed by atoms with Crippen LogP contribution < -0.4 is 10.6 Å². The van der Waals surface area contributed by atoms with E-state index in [2.05, 4.69) is 15.6 Å². The summed E-state index contributed by atoms with van der Waals surface area (Å²) in [5.41, 5.74) is 0.485. The number of anilines is 2. The Hall–Kier alpha value is -2.14. The van der Waals surface area contributed by atoms with Crippen molar-refractivity contribution in [3.8, 4) is 0 Å². The van der Waals surface area contributed by atoms with Gasteiger partial charge in [-0.3, -0.25) is 5.32 Å². The Balaban J connectivity index is 2.01. The first-order valence-electron chi connectivity index (χ1n) is 5.09. The molecule has 0 fully saturated rings. The number of rotatable bonds is 2. The van der Waals surface area contributed by atoms with Crippen molar-refractivity contribution in [1.29, 1.82) is 0 Å². The maximum absolute atomic E-state index is 12.6. The predicted molar refractivity (Wildman–Crippen MR) is 68.3 cm³/mol. The van der Waals surface area contributed by atoms with Crippen LogP contribution in [0.5, 0.6) is 0 Å². The van der Waals surface area contributed by atoms with Gasteiger partial charge in [-0.15, -0.1) is 0 Å². The fraction of sp³-hybridized carbons (Fsp3) is 0. The van der Waals surface area contributed by atoms with Gasteiger partial charge < -0.3 is 5.32 Å². The molecule has 0 aliphatic heterocycles. The Labute approximate surface area is 108 Å². The molecule has 18 heavy (non-hydrogen) atoms. The molecule has 1 aromatic carbocycles. The highest BCUT2D eigenvalue weighted by atomic mass is 35.5. The minimum absolute atomic E-state index is 0.251. The van der Waals surface area contributed by atoms with Gasteiger partial charge in [0.1, 0.15) is 11.6 Å².